The Morgan fingerprint density at radius 3 is 2.13 bits per heavy atom. The number of urea groups is 1. The van der Waals surface area contributed by atoms with E-state index in [1.54, 1.807) is 12.0 Å². The number of carbonyl (C=O) groups is 3. The van der Waals surface area contributed by atoms with Crippen LogP contribution in [0.2, 0.25) is 15.1 Å². The predicted molar refractivity (Wildman–Crippen MR) is 210 cm³/mol. The summed E-state index contributed by atoms with van der Waals surface area (Å²) in [6, 6.07) is 22.1. The molecule has 4 aromatic carbocycles. The Balaban J connectivity index is 1.32. The van der Waals surface area contributed by atoms with Crippen LogP contribution in [0, 0.1) is 0 Å². The maximum atomic E-state index is 14.8. The highest BCUT2D eigenvalue weighted by molar-refractivity contribution is 6.41. The van der Waals surface area contributed by atoms with Crippen LogP contribution in [0.1, 0.15) is 54.2 Å². The van der Waals surface area contributed by atoms with Crippen molar-refractivity contribution in [3.63, 3.8) is 0 Å². The Bertz CT molecular complexity index is 2100. The van der Waals surface area contributed by atoms with Gasteiger partial charge in [-0.05, 0) is 86.3 Å². The van der Waals surface area contributed by atoms with Gasteiger partial charge in [-0.3, -0.25) is 9.80 Å². The number of fused-ring (bicyclic) bond motifs is 3. The third kappa shape index (κ3) is 7.45. The summed E-state index contributed by atoms with van der Waals surface area (Å²) < 4.78 is 16.0. The van der Waals surface area contributed by atoms with E-state index in [9.17, 15) is 14.4 Å². The molecule has 4 aromatic rings. The van der Waals surface area contributed by atoms with E-state index in [1.807, 2.05) is 80.3 Å². The minimum absolute atomic E-state index is 0.0426. The van der Waals surface area contributed by atoms with Crippen molar-refractivity contribution in [2.24, 2.45) is 0 Å². The van der Waals surface area contributed by atoms with E-state index < -0.39 is 11.6 Å². The third-order valence-electron chi connectivity index (χ3n) is 10.1. The van der Waals surface area contributed by atoms with Gasteiger partial charge in [0.2, 0.25) is 0 Å². The van der Waals surface area contributed by atoms with E-state index in [1.165, 1.54) is 24.1 Å². The molecule has 0 radical (unpaired) electrons. The van der Waals surface area contributed by atoms with Crippen LogP contribution < -0.4 is 9.64 Å². The van der Waals surface area contributed by atoms with Crippen molar-refractivity contribution in [1.82, 2.24) is 14.7 Å². The van der Waals surface area contributed by atoms with Crippen molar-refractivity contribution in [2.45, 2.75) is 64.5 Å². The third-order valence-corrected chi connectivity index (χ3v) is 11.0. The molecule has 282 valence electrons. The second-order valence-corrected chi connectivity index (χ2v) is 16.1. The fourth-order valence-corrected chi connectivity index (χ4v) is 8.52. The number of rotatable bonds is 8. The molecule has 54 heavy (non-hydrogen) atoms. The lowest BCUT2D eigenvalue weighted by atomic mass is 9.92. The van der Waals surface area contributed by atoms with Gasteiger partial charge in [0.15, 0.2) is 0 Å². The second-order valence-electron chi connectivity index (χ2n) is 14.8. The predicted octanol–water partition coefficient (Wildman–Crippen LogP) is 9.58. The van der Waals surface area contributed by atoms with E-state index in [0.29, 0.717) is 36.1 Å². The lowest BCUT2D eigenvalue weighted by Crippen LogP contribution is -2.49. The summed E-state index contributed by atoms with van der Waals surface area (Å²) in [6.45, 7) is 8.00. The number of carbonyl (C=O) groups excluding carboxylic acids is 3. The topological polar surface area (TPSA) is 91.9 Å². The number of benzene rings is 4. The normalized spacial score (nSPS) is 18.2. The fraction of sp³-hybridized carbons (Fsp3) is 0.341. The van der Waals surface area contributed by atoms with Crippen molar-refractivity contribution in [1.29, 1.82) is 0 Å². The van der Waals surface area contributed by atoms with Gasteiger partial charge in [0.05, 0.1) is 47.7 Å². The zero-order valence-corrected chi connectivity index (χ0v) is 33.0. The zero-order chi connectivity index (χ0) is 38.5. The molecule has 3 aliphatic heterocycles. The highest BCUT2D eigenvalue weighted by atomic mass is 35.5. The number of hydrogen-bond acceptors (Lipinski definition) is 7. The Morgan fingerprint density at radius 2 is 1.52 bits per heavy atom. The molecule has 3 amide bonds. The lowest BCUT2D eigenvalue weighted by molar-refractivity contribution is 0.0123. The van der Waals surface area contributed by atoms with E-state index >= 15 is 0 Å². The number of ether oxygens (including phenoxy) is 3. The quantitative estimate of drug-likeness (QED) is 0.164. The van der Waals surface area contributed by atoms with Crippen LogP contribution >= 0.6 is 34.8 Å². The first-order valence-corrected chi connectivity index (χ1v) is 18.8. The van der Waals surface area contributed by atoms with Crippen LogP contribution in [0.4, 0.5) is 21.0 Å². The van der Waals surface area contributed by atoms with Gasteiger partial charge in [-0.1, -0.05) is 65.1 Å². The van der Waals surface area contributed by atoms with Crippen LogP contribution in [0.15, 0.2) is 72.8 Å². The number of nitrogens with zero attached hydrogens (tertiary/aromatic N) is 4. The van der Waals surface area contributed by atoms with Gasteiger partial charge in [-0.2, -0.15) is 0 Å². The number of hydrogen-bond donors (Lipinski definition) is 0. The highest BCUT2D eigenvalue weighted by Gasteiger charge is 2.46. The summed E-state index contributed by atoms with van der Waals surface area (Å²) in [7, 11) is 2.88. The molecule has 2 fully saturated rings. The lowest BCUT2D eigenvalue weighted by Gasteiger charge is -2.40. The fourth-order valence-electron chi connectivity index (χ4n) is 7.62. The molecule has 10 nitrogen and oxygen atoms in total. The summed E-state index contributed by atoms with van der Waals surface area (Å²) in [4.78, 5) is 47.8. The van der Waals surface area contributed by atoms with Crippen molar-refractivity contribution < 1.29 is 28.6 Å². The number of methoxy groups -OCH3 is 2. The Hall–Kier alpha value is -4.48. The minimum Gasteiger partial charge on any atom is -0.497 e. The van der Waals surface area contributed by atoms with E-state index in [0.717, 1.165) is 34.2 Å². The largest absolute Gasteiger partial charge is 0.497 e. The number of piperazine rings is 1. The average molecular weight is 792 g/mol. The summed E-state index contributed by atoms with van der Waals surface area (Å²) >= 11 is 20.8. The molecule has 2 unspecified atom stereocenters. The number of esters is 1. The molecule has 13 heteroatoms. The SMILES string of the molecule is COC(=O)c1cc(Cl)c(N2C(=O)N(Cc3ccc(OC)cc3)Cc3c(-c4ccccc4Cl)cc(CN4CC5CC4CN5C(=O)OC(C)(C)C)cc32)c(Cl)c1. The molecule has 0 aliphatic carbocycles. The van der Waals surface area contributed by atoms with Crippen LogP contribution in [0.3, 0.4) is 0 Å². The minimum atomic E-state index is -0.606. The Kier molecular flexibility index (Phi) is 10.5. The molecular formula is C41H41Cl3N4O6. The first kappa shape index (κ1) is 37.8. The molecule has 0 spiro atoms. The molecule has 0 aromatic heterocycles. The smallest absolute Gasteiger partial charge is 0.410 e. The standard InChI is InChI=1S/C41H41Cl3N4O6/c1-41(2,3)54-40(51)47-22-27-18-28(47)21-45(27)20-25-14-31(30-8-6-7-9-33(30)42)32-23-46(19-24-10-12-29(52-4)13-11-24)39(50)48(36(32)15-25)37-34(43)16-26(17-35(37)44)38(49)53-5/h6-17,27-28H,18-23H2,1-5H3. The highest BCUT2D eigenvalue weighted by Crippen LogP contribution is 2.47. The van der Waals surface area contributed by atoms with Gasteiger partial charge >= 0.3 is 18.1 Å². The zero-order valence-electron chi connectivity index (χ0n) is 30.7. The molecule has 2 atom stereocenters. The number of halogens is 3. The molecule has 0 N–H and O–H groups in total. The van der Waals surface area contributed by atoms with Crippen LogP contribution in [-0.4, -0.2) is 77.8 Å². The second kappa shape index (κ2) is 15.0. The van der Waals surface area contributed by atoms with Gasteiger partial charge in [0.1, 0.15) is 11.4 Å². The molecule has 2 bridgehead atoms. The maximum absolute atomic E-state index is 14.8. The Morgan fingerprint density at radius 1 is 0.815 bits per heavy atom. The average Bonchev–Trinajstić information content (AvgIpc) is 3.73. The van der Waals surface area contributed by atoms with Gasteiger partial charge in [-0.25, -0.2) is 14.4 Å². The van der Waals surface area contributed by atoms with Gasteiger partial charge in [-0.15, -0.1) is 0 Å². The molecule has 0 saturated carbocycles. The van der Waals surface area contributed by atoms with Gasteiger partial charge < -0.3 is 24.0 Å². The Labute approximate surface area is 330 Å². The first-order valence-electron chi connectivity index (χ1n) is 17.7. The van der Waals surface area contributed by atoms with Gasteiger partial charge in [0.25, 0.3) is 0 Å². The van der Waals surface area contributed by atoms with Gasteiger partial charge in [0, 0.05) is 54.4 Å². The van der Waals surface area contributed by atoms with Crippen LogP contribution in [0.5, 0.6) is 5.75 Å². The van der Waals surface area contributed by atoms with E-state index in [2.05, 4.69) is 11.0 Å². The summed E-state index contributed by atoms with van der Waals surface area (Å²) in [5.74, 6) is 0.0996. The number of amides is 3. The summed E-state index contributed by atoms with van der Waals surface area (Å²) in [5.41, 5.74) is 4.80. The van der Waals surface area contributed by atoms with Crippen molar-refractivity contribution in [2.75, 3.05) is 32.2 Å². The monoisotopic (exact) mass is 790 g/mol. The molecule has 7 rings (SSSR count). The first-order chi connectivity index (χ1) is 25.7. The van der Waals surface area contributed by atoms with Crippen LogP contribution in [-0.2, 0) is 29.1 Å². The summed E-state index contributed by atoms with van der Waals surface area (Å²) in [6.07, 6.45) is 0.564. The van der Waals surface area contributed by atoms with E-state index in [4.69, 9.17) is 49.0 Å². The molecule has 3 aliphatic rings. The number of likely N-dealkylation sites (tertiary alicyclic amines) is 2. The van der Waals surface area contributed by atoms with E-state index in [-0.39, 0.29) is 58.6 Å². The van der Waals surface area contributed by atoms with Crippen molar-refractivity contribution in [3.05, 3.63) is 110 Å². The summed E-state index contributed by atoms with van der Waals surface area (Å²) in [5, 5.41) is 0.781. The molecular weight excluding hydrogens is 751 g/mol. The molecule has 2 saturated heterocycles. The molecule has 3 heterocycles. The number of anilines is 2. The van der Waals surface area contributed by atoms with Crippen LogP contribution in [0.25, 0.3) is 11.1 Å². The van der Waals surface area contributed by atoms with Crippen molar-refractivity contribution >= 4 is 64.3 Å². The van der Waals surface area contributed by atoms with Crippen molar-refractivity contribution in [3.8, 4) is 16.9 Å². The maximum Gasteiger partial charge on any atom is 0.410 e.